The highest BCUT2D eigenvalue weighted by molar-refractivity contribution is 6.30. The van der Waals surface area contributed by atoms with E-state index in [2.05, 4.69) is 15.2 Å². The van der Waals surface area contributed by atoms with Crippen LogP contribution in [0.5, 0.6) is 0 Å². The highest BCUT2D eigenvalue weighted by atomic mass is 35.5. The normalized spacial score (nSPS) is 12.1. The smallest absolute Gasteiger partial charge is 0.206 e. The molecule has 2 heterocycles. The van der Waals surface area contributed by atoms with Gasteiger partial charge in [0.05, 0.1) is 12.2 Å². The molecule has 0 aliphatic heterocycles. The largest absolute Gasteiger partial charge is 0.409 e. The lowest BCUT2D eigenvalue weighted by Gasteiger charge is -2.06. The second kappa shape index (κ2) is 4.69. The van der Waals surface area contributed by atoms with Crippen molar-refractivity contribution >= 4 is 17.4 Å². The molecule has 7 nitrogen and oxygen atoms in total. The minimum atomic E-state index is -0.0438. The van der Waals surface area contributed by atoms with E-state index in [9.17, 15) is 0 Å². The molecule has 8 heteroatoms. The first-order valence-electron chi connectivity index (χ1n) is 5.21. The Balaban J connectivity index is 2.38. The monoisotopic (exact) mass is 268 g/mol. The van der Waals surface area contributed by atoms with Crippen LogP contribution < -0.4 is 5.73 Å². The van der Waals surface area contributed by atoms with Crippen molar-refractivity contribution in [2.75, 3.05) is 0 Å². The average molecular weight is 269 g/mol. The van der Waals surface area contributed by atoms with Gasteiger partial charge in [-0.1, -0.05) is 16.8 Å². The first-order chi connectivity index (χ1) is 8.54. The van der Waals surface area contributed by atoms with Crippen LogP contribution in [0, 0.1) is 6.92 Å². The number of hydrogen-bond acceptors (Lipinski definition) is 4. The summed E-state index contributed by atoms with van der Waals surface area (Å²) in [6, 6.07) is 0. The molecule has 0 bridgehead atoms. The van der Waals surface area contributed by atoms with Gasteiger partial charge in [0.1, 0.15) is 5.15 Å². The fourth-order valence-electron chi connectivity index (χ4n) is 1.74. The molecule has 0 aliphatic rings. The number of hydrogen-bond donors (Lipinski definition) is 2. The summed E-state index contributed by atoms with van der Waals surface area (Å²) in [5.74, 6) is 0.342. The highest BCUT2D eigenvalue weighted by Crippen LogP contribution is 2.20. The molecule has 96 valence electrons. The first-order valence-corrected chi connectivity index (χ1v) is 5.59. The zero-order valence-electron chi connectivity index (χ0n) is 10.0. The van der Waals surface area contributed by atoms with Crippen molar-refractivity contribution in [1.29, 1.82) is 0 Å². The SMILES string of the molecule is Cc1nn(C)c(Cl)c1Cn1ccnc1/C(N)=N/O. The van der Waals surface area contributed by atoms with Crippen molar-refractivity contribution in [1.82, 2.24) is 19.3 Å². The molecule has 2 aromatic rings. The fraction of sp³-hybridized carbons (Fsp3) is 0.300. The average Bonchev–Trinajstić information content (AvgIpc) is 2.89. The second-order valence-electron chi connectivity index (χ2n) is 3.84. The predicted molar refractivity (Wildman–Crippen MR) is 66.8 cm³/mol. The number of aromatic nitrogens is 4. The summed E-state index contributed by atoms with van der Waals surface area (Å²) in [5, 5.41) is 16.4. The summed E-state index contributed by atoms with van der Waals surface area (Å²) in [6.45, 7) is 2.34. The van der Waals surface area contributed by atoms with E-state index in [1.54, 1.807) is 28.7 Å². The Labute approximate surface area is 108 Å². The van der Waals surface area contributed by atoms with Crippen molar-refractivity contribution < 1.29 is 5.21 Å². The summed E-state index contributed by atoms with van der Waals surface area (Å²) in [6.07, 6.45) is 3.31. The van der Waals surface area contributed by atoms with E-state index in [0.29, 0.717) is 17.5 Å². The van der Waals surface area contributed by atoms with Gasteiger partial charge < -0.3 is 15.5 Å². The van der Waals surface area contributed by atoms with Gasteiger partial charge in [-0.05, 0) is 6.92 Å². The number of nitrogens with two attached hydrogens (primary N) is 1. The van der Waals surface area contributed by atoms with E-state index >= 15 is 0 Å². The lowest BCUT2D eigenvalue weighted by Crippen LogP contribution is -2.20. The van der Waals surface area contributed by atoms with E-state index in [0.717, 1.165) is 11.3 Å². The van der Waals surface area contributed by atoms with E-state index < -0.39 is 0 Å². The zero-order chi connectivity index (χ0) is 13.3. The van der Waals surface area contributed by atoms with Crippen molar-refractivity contribution in [3.63, 3.8) is 0 Å². The lowest BCUT2D eigenvalue weighted by atomic mass is 10.2. The minimum absolute atomic E-state index is 0.0438. The van der Waals surface area contributed by atoms with Crippen molar-refractivity contribution in [2.24, 2.45) is 17.9 Å². The summed E-state index contributed by atoms with van der Waals surface area (Å²) < 4.78 is 3.34. The molecule has 0 radical (unpaired) electrons. The molecular formula is C10H13ClN6O. The Morgan fingerprint density at radius 2 is 2.33 bits per heavy atom. The van der Waals surface area contributed by atoms with Gasteiger partial charge >= 0.3 is 0 Å². The lowest BCUT2D eigenvalue weighted by molar-refractivity contribution is 0.318. The van der Waals surface area contributed by atoms with Crippen LogP contribution in [0.3, 0.4) is 0 Å². The molecule has 2 aromatic heterocycles. The van der Waals surface area contributed by atoms with Crippen LogP contribution in [0.2, 0.25) is 5.15 Å². The summed E-state index contributed by atoms with van der Waals surface area (Å²) in [5.41, 5.74) is 7.25. The maximum Gasteiger partial charge on any atom is 0.206 e. The van der Waals surface area contributed by atoms with Gasteiger partial charge in [-0.2, -0.15) is 5.10 Å². The summed E-state index contributed by atoms with van der Waals surface area (Å²) >= 11 is 6.15. The van der Waals surface area contributed by atoms with Gasteiger partial charge in [0.2, 0.25) is 5.84 Å². The maximum atomic E-state index is 8.68. The highest BCUT2D eigenvalue weighted by Gasteiger charge is 2.14. The number of amidine groups is 1. The van der Waals surface area contributed by atoms with E-state index in [4.69, 9.17) is 22.5 Å². The number of aryl methyl sites for hydroxylation is 2. The van der Waals surface area contributed by atoms with E-state index in [-0.39, 0.29) is 5.84 Å². The zero-order valence-corrected chi connectivity index (χ0v) is 10.8. The van der Waals surface area contributed by atoms with E-state index in [1.807, 2.05) is 6.92 Å². The molecule has 0 fully saturated rings. The van der Waals surface area contributed by atoms with Crippen LogP contribution in [-0.4, -0.2) is 30.4 Å². The standard InChI is InChI=1S/C10H13ClN6O/c1-6-7(8(11)16(2)14-6)5-17-4-3-13-10(17)9(12)15-18/h3-4,18H,5H2,1-2H3,(H2,12,15). The van der Waals surface area contributed by atoms with Gasteiger partial charge in [0.25, 0.3) is 0 Å². The molecule has 0 amide bonds. The molecule has 3 N–H and O–H groups in total. The first kappa shape index (κ1) is 12.4. The Bertz CT molecular complexity index is 600. The molecule has 0 saturated heterocycles. The molecular weight excluding hydrogens is 256 g/mol. The second-order valence-corrected chi connectivity index (χ2v) is 4.20. The third kappa shape index (κ3) is 2.04. The third-order valence-electron chi connectivity index (χ3n) is 2.65. The van der Waals surface area contributed by atoms with Crippen LogP contribution in [0.4, 0.5) is 0 Å². The Hall–Kier alpha value is -2.02. The third-order valence-corrected chi connectivity index (χ3v) is 3.12. The van der Waals surface area contributed by atoms with Crippen molar-refractivity contribution in [2.45, 2.75) is 13.5 Å². The molecule has 0 saturated carbocycles. The van der Waals surface area contributed by atoms with Crippen LogP contribution in [0.25, 0.3) is 0 Å². The van der Waals surface area contributed by atoms with Crippen LogP contribution >= 0.6 is 11.6 Å². The quantitative estimate of drug-likeness (QED) is 0.371. The van der Waals surface area contributed by atoms with Crippen molar-refractivity contribution in [3.05, 3.63) is 34.6 Å². The number of halogens is 1. The number of oxime groups is 1. The molecule has 0 unspecified atom stereocenters. The molecule has 0 aromatic carbocycles. The van der Waals surface area contributed by atoms with Gasteiger partial charge in [0.15, 0.2) is 5.82 Å². The van der Waals surface area contributed by atoms with E-state index in [1.165, 1.54) is 0 Å². The van der Waals surface area contributed by atoms with Crippen LogP contribution in [0.15, 0.2) is 17.5 Å². The molecule has 18 heavy (non-hydrogen) atoms. The molecule has 0 aliphatic carbocycles. The summed E-state index contributed by atoms with van der Waals surface area (Å²) in [4.78, 5) is 4.03. The number of imidazole rings is 1. The molecule has 2 rings (SSSR count). The molecule has 0 atom stereocenters. The fourth-order valence-corrected chi connectivity index (χ4v) is 1.97. The minimum Gasteiger partial charge on any atom is -0.409 e. The number of nitrogens with zero attached hydrogens (tertiary/aromatic N) is 5. The predicted octanol–water partition coefficient (Wildman–Crippen LogP) is 0.721. The van der Waals surface area contributed by atoms with Gasteiger partial charge in [-0.25, -0.2) is 4.98 Å². The van der Waals surface area contributed by atoms with Gasteiger partial charge in [-0.15, -0.1) is 0 Å². The Morgan fingerprint density at radius 3 is 2.89 bits per heavy atom. The summed E-state index contributed by atoms with van der Waals surface area (Å²) in [7, 11) is 1.77. The topological polar surface area (TPSA) is 94.2 Å². The van der Waals surface area contributed by atoms with Crippen LogP contribution in [0.1, 0.15) is 17.1 Å². The Kier molecular flexibility index (Phi) is 3.24. The number of rotatable bonds is 3. The Morgan fingerprint density at radius 1 is 1.61 bits per heavy atom. The van der Waals surface area contributed by atoms with Crippen molar-refractivity contribution in [3.8, 4) is 0 Å². The molecule has 0 spiro atoms. The van der Waals surface area contributed by atoms with Gasteiger partial charge in [-0.3, -0.25) is 4.68 Å². The van der Waals surface area contributed by atoms with Crippen LogP contribution in [-0.2, 0) is 13.6 Å². The van der Waals surface area contributed by atoms with Gasteiger partial charge in [0, 0.05) is 25.0 Å². The maximum absolute atomic E-state index is 8.68.